The number of pyridine rings is 1. The zero-order valence-electron chi connectivity index (χ0n) is 17.1. The van der Waals surface area contributed by atoms with Crippen molar-refractivity contribution in [3.63, 3.8) is 0 Å². The average Bonchev–Trinajstić information content (AvgIpc) is 3.19. The van der Waals surface area contributed by atoms with Gasteiger partial charge in [0.25, 0.3) is 5.91 Å². The van der Waals surface area contributed by atoms with Crippen LogP contribution in [0.5, 0.6) is 0 Å². The van der Waals surface area contributed by atoms with Crippen molar-refractivity contribution in [2.24, 2.45) is 5.92 Å². The molecule has 0 radical (unpaired) electrons. The quantitative estimate of drug-likeness (QED) is 0.672. The van der Waals surface area contributed by atoms with Crippen molar-refractivity contribution >= 4 is 23.1 Å². The van der Waals surface area contributed by atoms with Crippen molar-refractivity contribution < 1.29 is 9.59 Å². The highest BCUT2D eigenvalue weighted by atomic mass is 16.2. The highest BCUT2D eigenvalue weighted by molar-refractivity contribution is 5.95. The summed E-state index contributed by atoms with van der Waals surface area (Å²) in [7, 11) is 0. The molecule has 3 aromatic rings. The van der Waals surface area contributed by atoms with E-state index in [4.69, 9.17) is 0 Å². The molecule has 2 saturated heterocycles. The molecule has 2 aliphatic rings. The molecule has 0 bridgehead atoms. The fourth-order valence-corrected chi connectivity index (χ4v) is 4.30. The molecule has 0 saturated carbocycles. The molecule has 1 aromatic carbocycles. The molecule has 0 atom stereocenters. The standard InChI is InChI=1S/C23H25N5O2/c1-17-6-5-9-27-16-20(24-21(17)27)23(30)28-14-18(15-28)22(29)26-12-10-25(11-13-26)19-7-3-2-4-8-19/h2-9,16,18H,10-15H2,1H3. The predicted molar refractivity (Wildman–Crippen MR) is 115 cm³/mol. The van der Waals surface area contributed by atoms with E-state index in [2.05, 4.69) is 22.0 Å². The summed E-state index contributed by atoms with van der Waals surface area (Å²) >= 11 is 0. The lowest BCUT2D eigenvalue weighted by atomic mass is 9.97. The summed E-state index contributed by atoms with van der Waals surface area (Å²) in [6.07, 6.45) is 3.66. The molecule has 154 valence electrons. The number of likely N-dealkylation sites (tertiary alicyclic amines) is 1. The minimum absolute atomic E-state index is 0.101. The van der Waals surface area contributed by atoms with Gasteiger partial charge in [0.2, 0.25) is 5.91 Å². The van der Waals surface area contributed by atoms with Crippen LogP contribution in [0.4, 0.5) is 5.69 Å². The van der Waals surface area contributed by atoms with Crippen LogP contribution >= 0.6 is 0 Å². The van der Waals surface area contributed by atoms with Gasteiger partial charge < -0.3 is 19.1 Å². The van der Waals surface area contributed by atoms with Crippen molar-refractivity contribution in [1.29, 1.82) is 0 Å². The fraction of sp³-hybridized carbons (Fsp3) is 0.348. The van der Waals surface area contributed by atoms with Gasteiger partial charge in [-0.2, -0.15) is 0 Å². The lowest BCUT2D eigenvalue weighted by molar-refractivity contribution is -0.140. The van der Waals surface area contributed by atoms with Gasteiger partial charge in [-0.3, -0.25) is 9.59 Å². The van der Waals surface area contributed by atoms with Crippen molar-refractivity contribution in [3.05, 3.63) is 66.1 Å². The maximum Gasteiger partial charge on any atom is 0.274 e. The first-order valence-electron chi connectivity index (χ1n) is 10.4. The van der Waals surface area contributed by atoms with Gasteiger partial charge in [-0.05, 0) is 30.7 Å². The number of amides is 2. The molecular formula is C23H25N5O2. The second kappa shape index (κ2) is 7.48. The Kier molecular flexibility index (Phi) is 4.65. The Balaban J connectivity index is 1.16. The minimum atomic E-state index is -0.101. The Bertz CT molecular complexity index is 1080. The first-order valence-corrected chi connectivity index (χ1v) is 10.4. The molecule has 0 aliphatic carbocycles. The number of hydrogen-bond acceptors (Lipinski definition) is 4. The van der Waals surface area contributed by atoms with E-state index in [1.165, 1.54) is 5.69 Å². The highest BCUT2D eigenvalue weighted by Crippen LogP contribution is 2.23. The van der Waals surface area contributed by atoms with E-state index in [0.29, 0.717) is 18.8 Å². The molecule has 30 heavy (non-hydrogen) atoms. The van der Waals surface area contributed by atoms with Crippen molar-refractivity contribution in [3.8, 4) is 0 Å². The Labute approximate surface area is 175 Å². The Morgan fingerprint density at radius 2 is 1.67 bits per heavy atom. The number of benzene rings is 1. The molecule has 2 amide bonds. The summed E-state index contributed by atoms with van der Waals surface area (Å²) < 4.78 is 1.87. The average molecular weight is 403 g/mol. The second-order valence-corrected chi connectivity index (χ2v) is 8.10. The third kappa shape index (κ3) is 3.30. The summed E-state index contributed by atoms with van der Waals surface area (Å²) in [5, 5.41) is 0. The van der Waals surface area contributed by atoms with E-state index < -0.39 is 0 Å². The molecule has 2 aromatic heterocycles. The van der Waals surface area contributed by atoms with Crippen LogP contribution in [-0.4, -0.2) is 70.3 Å². The van der Waals surface area contributed by atoms with Gasteiger partial charge in [0, 0.05) is 57.3 Å². The zero-order chi connectivity index (χ0) is 20.7. The first kappa shape index (κ1) is 18.7. The molecule has 0 N–H and O–H groups in total. The number of hydrogen-bond donors (Lipinski definition) is 0. The Morgan fingerprint density at radius 3 is 2.37 bits per heavy atom. The molecule has 4 heterocycles. The Morgan fingerprint density at radius 1 is 0.933 bits per heavy atom. The van der Waals surface area contributed by atoms with E-state index in [9.17, 15) is 9.59 Å². The van der Waals surface area contributed by atoms with Gasteiger partial charge in [-0.25, -0.2) is 4.98 Å². The summed E-state index contributed by atoms with van der Waals surface area (Å²) in [6.45, 7) is 6.06. The van der Waals surface area contributed by atoms with Crippen LogP contribution < -0.4 is 4.90 Å². The number of aryl methyl sites for hydroxylation is 1. The third-order valence-electron chi connectivity index (χ3n) is 6.13. The second-order valence-electron chi connectivity index (χ2n) is 8.10. The van der Waals surface area contributed by atoms with Gasteiger partial charge in [-0.15, -0.1) is 0 Å². The minimum Gasteiger partial charge on any atom is -0.368 e. The monoisotopic (exact) mass is 403 g/mol. The first-order chi connectivity index (χ1) is 14.6. The van der Waals surface area contributed by atoms with Crippen LogP contribution in [0.25, 0.3) is 5.65 Å². The molecule has 2 aliphatic heterocycles. The van der Waals surface area contributed by atoms with E-state index in [1.54, 1.807) is 11.1 Å². The van der Waals surface area contributed by atoms with Gasteiger partial charge in [0.15, 0.2) is 0 Å². The number of nitrogens with zero attached hydrogens (tertiary/aromatic N) is 5. The topological polar surface area (TPSA) is 61.2 Å². The summed E-state index contributed by atoms with van der Waals surface area (Å²) in [6, 6.07) is 14.2. The maximum absolute atomic E-state index is 12.9. The van der Waals surface area contributed by atoms with Crippen molar-refractivity contribution in [2.45, 2.75) is 6.92 Å². The summed E-state index contributed by atoms with van der Waals surface area (Å²) in [5.74, 6) is -0.0374. The van der Waals surface area contributed by atoms with E-state index >= 15 is 0 Å². The summed E-state index contributed by atoms with van der Waals surface area (Å²) in [5.41, 5.74) is 3.47. The number of para-hydroxylation sites is 1. The SMILES string of the molecule is Cc1cccn2cc(C(=O)N3CC(C(=O)N4CCN(c5ccccc5)CC4)C3)nc12. The number of imidazole rings is 1. The van der Waals surface area contributed by atoms with E-state index in [0.717, 1.165) is 37.4 Å². The van der Waals surface area contributed by atoms with Gasteiger partial charge in [0.05, 0.1) is 5.92 Å². The van der Waals surface area contributed by atoms with Crippen LogP contribution in [0, 0.1) is 12.8 Å². The number of piperazine rings is 1. The van der Waals surface area contributed by atoms with Crippen LogP contribution in [0.15, 0.2) is 54.9 Å². The van der Waals surface area contributed by atoms with E-state index in [-0.39, 0.29) is 17.7 Å². The number of rotatable bonds is 3. The molecule has 0 spiro atoms. The van der Waals surface area contributed by atoms with Crippen LogP contribution in [0.3, 0.4) is 0 Å². The molecular weight excluding hydrogens is 378 g/mol. The van der Waals surface area contributed by atoms with Gasteiger partial charge in [-0.1, -0.05) is 24.3 Å². The van der Waals surface area contributed by atoms with Crippen LogP contribution in [0.2, 0.25) is 0 Å². The fourth-order valence-electron chi connectivity index (χ4n) is 4.30. The molecule has 7 nitrogen and oxygen atoms in total. The maximum atomic E-state index is 12.9. The molecule has 0 unspecified atom stereocenters. The number of carbonyl (C=O) groups excluding carboxylic acids is 2. The van der Waals surface area contributed by atoms with Crippen molar-refractivity contribution in [1.82, 2.24) is 19.2 Å². The highest BCUT2D eigenvalue weighted by Gasteiger charge is 2.39. The van der Waals surface area contributed by atoms with Gasteiger partial charge >= 0.3 is 0 Å². The normalized spacial score (nSPS) is 17.3. The largest absolute Gasteiger partial charge is 0.368 e. The lowest BCUT2D eigenvalue weighted by Crippen LogP contribution is -2.59. The number of anilines is 1. The molecule has 7 heteroatoms. The van der Waals surface area contributed by atoms with E-state index in [1.807, 2.05) is 52.8 Å². The number of fused-ring (bicyclic) bond motifs is 1. The predicted octanol–water partition coefficient (Wildman–Crippen LogP) is 2.06. The van der Waals surface area contributed by atoms with Crippen LogP contribution in [0.1, 0.15) is 16.1 Å². The Hall–Kier alpha value is -3.35. The van der Waals surface area contributed by atoms with Crippen molar-refractivity contribution in [2.75, 3.05) is 44.2 Å². The summed E-state index contributed by atoms with van der Waals surface area (Å²) in [4.78, 5) is 36.1. The third-order valence-corrected chi connectivity index (χ3v) is 6.13. The molecule has 5 rings (SSSR count). The van der Waals surface area contributed by atoms with Gasteiger partial charge in [0.1, 0.15) is 11.3 Å². The molecule has 2 fully saturated rings. The number of aromatic nitrogens is 2. The zero-order valence-corrected chi connectivity index (χ0v) is 17.1. The lowest BCUT2D eigenvalue weighted by Gasteiger charge is -2.43. The van der Waals surface area contributed by atoms with Crippen LogP contribution in [-0.2, 0) is 4.79 Å². The number of carbonyl (C=O) groups is 2. The smallest absolute Gasteiger partial charge is 0.274 e.